The summed E-state index contributed by atoms with van der Waals surface area (Å²) in [4.78, 5) is 48.0. The highest BCUT2D eigenvalue weighted by molar-refractivity contribution is 6.34. The number of rotatable bonds is 7. The normalized spacial score (nSPS) is 13.5. The van der Waals surface area contributed by atoms with Crippen LogP contribution in [0.2, 0.25) is 5.02 Å². The molecule has 1 aliphatic carbocycles. The Morgan fingerprint density at radius 2 is 1.89 bits per heavy atom. The smallest absolute Gasteiger partial charge is 0.336 e. The van der Waals surface area contributed by atoms with Crippen LogP contribution in [0.1, 0.15) is 47.3 Å². The van der Waals surface area contributed by atoms with Crippen LogP contribution < -0.4 is 10.9 Å². The Kier molecular flexibility index (Phi) is 6.88. The zero-order valence-corrected chi connectivity index (χ0v) is 19.9. The number of carbonyl (C=O) groups is 2. The van der Waals surface area contributed by atoms with E-state index >= 15 is 0 Å². The van der Waals surface area contributed by atoms with E-state index in [9.17, 15) is 24.5 Å². The standard InChI is InChI=1S/C25H23ClN2O7/c1-13(2)23(27-24(30)18-7-6-17(28(32)33)11-20(18)26)25(31)34-12-16-10-22(29)35-21-9-15-5-3-4-14(15)8-19(16)21/h6-11,13,23H,3-5,12H2,1-2H3,(H,27,30). The minimum Gasteiger partial charge on any atom is -0.459 e. The first-order valence-electron chi connectivity index (χ1n) is 11.1. The fourth-order valence-corrected chi connectivity index (χ4v) is 4.43. The topological polar surface area (TPSA) is 129 Å². The lowest BCUT2D eigenvalue weighted by Gasteiger charge is -2.21. The Bertz CT molecular complexity index is 1400. The van der Waals surface area contributed by atoms with Crippen LogP contribution in [0.5, 0.6) is 0 Å². The second-order valence-electron chi connectivity index (χ2n) is 8.79. The number of aryl methyl sites for hydroxylation is 2. The molecule has 0 radical (unpaired) electrons. The summed E-state index contributed by atoms with van der Waals surface area (Å²) in [7, 11) is 0. The van der Waals surface area contributed by atoms with Gasteiger partial charge < -0.3 is 14.5 Å². The molecule has 1 aliphatic rings. The summed E-state index contributed by atoms with van der Waals surface area (Å²) in [6.45, 7) is 3.30. The van der Waals surface area contributed by atoms with Crippen molar-refractivity contribution in [2.24, 2.45) is 5.92 Å². The number of halogens is 1. The molecule has 2 aromatic carbocycles. The van der Waals surface area contributed by atoms with Crippen LogP contribution in [0.4, 0.5) is 5.69 Å². The minimum absolute atomic E-state index is 0.00349. The molecule has 0 spiro atoms. The van der Waals surface area contributed by atoms with Crippen molar-refractivity contribution >= 4 is 40.1 Å². The summed E-state index contributed by atoms with van der Waals surface area (Å²) < 4.78 is 10.8. The number of hydrogen-bond acceptors (Lipinski definition) is 7. The number of amides is 1. The van der Waals surface area contributed by atoms with Gasteiger partial charge in [0.05, 0.1) is 15.5 Å². The van der Waals surface area contributed by atoms with Crippen LogP contribution in [0, 0.1) is 16.0 Å². The van der Waals surface area contributed by atoms with Crippen molar-refractivity contribution in [2.75, 3.05) is 0 Å². The second-order valence-corrected chi connectivity index (χ2v) is 9.19. The van der Waals surface area contributed by atoms with Crippen LogP contribution in [0.25, 0.3) is 11.0 Å². The van der Waals surface area contributed by atoms with E-state index in [0.29, 0.717) is 16.5 Å². The highest BCUT2D eigenvalue weighted by atomic mass is 35.5. The highest BCUT2D eigenvalue weighted by Crippen LogP contribution is 2.29. The number of ether oxygens (including phenoxy) is 1. The second kappa shape index (κ2) is 9.87. The van der Waals surface area contributed by atoms with Gasteiger partial charge in [0, 0.05) is 29.1 Å². The Balaban J connectivity index is 1.51. The van der Waals surface area contributed by atoms with Gasteiger partial charge in [-0.3, -0.25) is 14.9 Å². The van der Waals surface area contributed by atoms with Gasteiger partial charge in [0.25, 0.3) is 11.6 Å². The van der Waals surface area contributed by atoms with E-state index in [2.05, 4.69) is 5.32 Å². The van der Waals surface area contributed by atoms with E-state index in [4.69, 9.17) is 20.8 Å². The lowest BCUT2D eigenvalue weighted by atomic mass is 10.0. The molecule has 0 saturated heterocycles. The molecule has 1 aromatic heterocycles. The van der Waals surface area contributed by atoms with Gasteiger partial charge in [-0.2, -0.15) is 0 Å². The summed E-state index contributed by atoms with van der Waals surface area (Å²) in [5.41, 5.74) is 2.52. The molecule has 1 unspecified atom stereocenters. The molecular formula is C25H23ClN2O7. The molecule has 0 saturated carbocycles. The van der Waals surface area contributed by atoms with Crippen molar-refractivity contribution in [3.05, 3.63) is 84.2 Å². The number of nitrogens with one attached hydrogen (secondary N) is 1. The predicted molar refractivity (Wildman–Crippen MR) is 129 cm³/mol. The molecule has 0 fully saturated rings. The SMILES string of the molecule is CC(C)C(NC(=O)c1ccc([N+](=O)[O-])cc1Cl)C(=O)OCc1cc(=O)oc2cc3c(cc12)CCC3. The number of nitro benzene ring substituents is 1. The molecule has 4 rings (SSSR count). The summed E-state index contributed by atoms with van der Waals surface area (Å²) in [6.07, 6.45) is 2.91. The summed E-state index contributed by atoms with van der Waals surface area (Å²) in [6, 6.07) is 7.60. The van der Waals surface area contributed by atoms with Crippen molar-refractivity contribution in [1.29, 1.82) is 0 Å². The van der Waals surface area contributed by atoms with Crippen molar-refractivity contribution in [2.45, 2.75) is 45.8 Å². The molecule has 1 N–H and O–H groups in total. The summed E-state index contributed by atoms with van der Waals surface area (Å²) >= 11 is 6.04. The number of hydrogen-bond donors (Lipinski definition) is 1. The number of esters is 1. The van der Waals surface area contributed by atoms with Crippen molar-refractivity contribution < 1.29 is 23.7 Å². The summed E-state index contributed by atoms with van der Waals surface area (Å²) in [5.74, 6) is -1.68. The average Bonchev–Trinajstić information content (AvgIpc) is 3.26. The first-order valence-corrected chi connectivity index (χ1v) is 11.5. The third kappa shape index (κ3) is 5.19. The van der Waals surface area contributed by atoms with E-state index < -0.39 is 28.5 Å². The van der Waals surface area contributed by atoms with Gasteiger partial charge in [0.1, 0.15) is 18.2 Å². The Morgan fingerprint density at radius 1 is 1.17 bits per heavy atom. The molecule has 1 heterocycles. The molecular weight excluding hydrogens is 476 g/mol. The predicted octanol–water partition coefficient (Wildman–Crippen LogP) is 4.34. The zero-order chi connectivity index (χ0) is 25.3. The van der Waals surface area contributed by atoms with Gasteiger partial charge in [-0.1, -0.05) is 25.4 Å². The zero-order valence-electron chi connectivity index (χ0n) is 19.1. The molecule has 3 aromatic rings. The summed E-state index contributed by atoms with van der Waals surface area (Å²) in [5, 5.41) is 14.1. The Morgan fingerprint density at radius 3 is 2.54 bits per heavy atom. The lowest BCUT2D eigenvalue weighted by molar-refractivity contribution is -0.384. The Hall–Kier alpha value is -3.72. The van der Waals surface area contributed by atoms with E-state index in [1.165, 1.54) is 17.7 Å². The molecule has 0 aliphatic heterocycles. The minimum atomic E-state index is -1.01. The number of benzene rings is 2. The van der Waals surface area contributed by atoms with Crippen LogP contribution in [-0.2, 0) is 29.0 Å². The van der Waals surface area contributed by atoms with Crippen LogP contribution in [0.3, 0.4) is 0 Å². The fourth-order valence-electron chi connectivity index (χ4n) is 4.17. The molecule has 0 bridgehead atoms. The third-order valence-electron chi connectivity index (χ3n) is 6.03. The molecule has 182 valence electrons. The largest absolute Gasteiger partial charge is 0.459 e. The molecule has 35 heavy (non-hydrogen) atoms. The quantitative estimate of drug-likeness (QED) is 0.222. The third-order valence-corrected chi connectivity index (χ3v) is 6.34. The lowest BCUT2D eigenvalue weighted by Crippen LogP contribution is -2.45. The van der Waals surface area contributed by atoms with Crippen LogP contribution in [-0.4, -0.2) is 22.8 Å². The molecule has 1 amide bonds. The molecule has 1 atom stereocenters. The van der Waals surface area contributed by atoms with Gasteiger partial charge in [-0.05, 0) is 54.5 Å². The number of nitrogens with zero attached hydrogens (tertiary/aromatic N) is 1. The molecule has 9 nitrogen and oxygen atoms in total. The fraction of sp³-hybridized carbons (Fsp3) is 0.320. The number of nitro groups is 1. The number of fused-ring (bicyclic) bond motifs is 2. The van der Waals surface area contributed by atoms with Crippen LogP contribution in [0.15, 0.2) is 45.6 Å². The van der Waals surface area contributed by atoms with E-state index in [1.54, 1.807) is 13.8 Å². The van der Waals surface area contributed by atoms with Gasteiger partial charge in [0.15, 0.2) is 0 Å². The molecule has 10 heteroatoms. The van der Waals surface area contributed by atoms with Crippen LogP contribution >= 0.6 is 11.6 Å². The van der Waals surface area contributed by atoms with E-state index in [0.717, 1.165) is 37.0 Å². The van der Waals surface area contributed by atoms with Gasteiger partial charge in [-0.25, -0.2) is 9.59 Å². The van der Waals surface area contributed by atoms with Gasteiger partial charge in [-0.15, -0.1) is 0 Å². The highest BCUT2D eigenvalue weighted by Gasteiger charge is 2.28. The Labute approximate surface area is 205 Å². The number of carbonyl (C=O) groups excluding carboxylic acids is 2. The van der Waals surface area contributed by atoms with E-state index in [1.807, 2.05) is 12.1 Å². The monoisotopic (exact) mass is 498 g/mol. The van der Waals surface area contributed by atoms with Crippen molar-refractivity contribution in [3.8, 4) is 0 Å². The average molecular weight is 499 g/mol. The van der Waals surface area contributed by atoms with Crippen molar-refractivity contribution in [1.82, 2.24) is 5.32 Å². The number of non-ortho nitro benzene ring substituents is 1. The maximum Gasteiger partial charge on any atom is 0.336 e. The maximum absolute atomic E-state index is 12.9. The maximum atomic E-state index is 12.9. The first kappa shape index (κ1) is 24.4. The first-order chi connectivity index (χ1) is 16.6. The van der Waals surface area contributed by atoms with E-state index in [-0.39, 0.29) is 28.8 Å². The van der Waals surface area contributed by atoms with Gasteiger partial charge >= 0.3 is 11.6 Å². The van der Waals surface area contributed by atoms with Gasteiger partial charge in [0.2, 0.25) is 0 Å². The van der Waals surface area contributed by atoms with Crippen molar-refractivity contribution in [3.63, 3.8) is 0 Å².